The molecule has 1 aromatic carbocycles. The van der Waals surface area contributed by atoms with E-state index >= 15 is 0 Å². The van der Waals surface area contributed by atoms with E-state index in [9.17, 15) is 23.6 Å². The summed E-state index contributed by atoms with van der Waals surface area (Å²) in [6.07, 6.45) is 3.40. The maximum absolute atomic E-state index is 13.4. The Labute approximate surface area is 265 Å². The molecule has 0 bridgehead atoms. The van der Waals surface area contributed by atoms with Crippen molar-refractivity contribution in [2.75, 3.05) is 37.3 Å². The summed E-state index contributed by atoms with van der Waals surface area (Å²) in [6, 6.07) is 6.01. The predicted molar refractivity (Wildman–Crippen MR) is 164 cm³/mol. The number of aromatic nitrogens is 1. The lowest BCUT2D eigenvalue weighted by atomic mass is 10.0. The van der Waals surface area contributed by atoms with E-state index in [1.54, 1.807) is 43.5 Å². The van der Waals surface area contributed by atoms with Crippen LogP contribution in [0.4, 0.5) is 9.52 Å². The molecule has 0 radical (unpaired) electrons. The average Bonchev–Trinajstić information content (AvgIpc) is 3.48. The lowest BCUT2D eigenvalue weighted by Gasteiger charge is -2.49. The van der Waals surface area contributed by atoms with Gasteiger partial charge in [0.1, 0.15) is 41.8 Å². The average molecular weight is 666 g/mol. The monoisotopic (exact) mass is 665 g/mol. The second-order valence-electron chi connectivity index (χ2n) is 9.25. The van der Waals surface area contributed by atoms with Crippen LogP contribution in [0.5, 0.6) is 5.75 Å². The molecule has 0 unspecified atom stereocenters. The van der Waals surface area contributed by atoms with Gasteiger partial charge in [0.25, 0.3) is 11.8 Å². The van der Waals surface area contributed by atoms with E-state index in [0.29, 0.717) is 17.1 Å². The van der Waals surface area contributed by atoms with Gasteiger partial charge < -0.3 is 24.9 Å². The van der Waals surface area contributed by atoms with E-state index in [2.05, 4.69) is 20.8 Å². The fourth-order valence-corrected chi connectivity index (χ4v) is 6.27. The normalized spacial score (nSPS) is 18.0. The number of oxime groups is 1. The Kier molecular flexibility index (Phi) is 11.7. The maximum Gasteiger partial charge on any atom is 0.355 e. The second-order valence-corrected chi connectivity index (χ2v) is 11.5. The number of hydrogen-bond donors (Lipinski definition) is 2. The summed E-state index contributed by atoms with van der Waals surface area (Å²) in [5.41, 5.74) is 1.18. The highest BCUT2D eigenvalue weighted by atomic mass is 35.5. The van der Waals surface area contributed by atoms with Crippen LogP contribution in [0, 0.1) is 0 Å². The number of thioether (sulfide) groups is 1. The first-order valence-electron chi connectivity index (χ1n) is 13.3. The molecule has 1 fully saturated rings. The Morgan fingerprint density at radius 3 is 2.73 bits per heavy atom. The number of amides is 3. The number of benzene rings is 1. The van der Waals surface area contributed by atoms with Crippen molar-refractivity contribution in [1.82, 2.24) is 15.2 Å². The number of nitrogens with one attached hydrogen (secondary N) is 2. The van der Waals surface area contributed by atoms with Gasteiger partial charge in [-0.15, -0.1) is 34.7 Å². The van der Waals surface area contributed by atoms with Crippen molar-refractivity contribution in [3.05, 3.63) is 64.3 Å². The summed E-state index contributed by atoms with van der Waals surface area (Å²) in [4.78, 5) is 62.1. The zero-order valence-corrected chi connectivity index (χ0v) is 26.1. The molecule has 3 heterocycles. The van der Waals surface area contributed by atoms with Crippen LogP contribution in [0.15, 0.2) is 58.2 Å². The lowest BCUT2D eigenvalue weighted by molar-refractivity contribution is -0.153. The van der Waals surface area contributed by atoms with E-state index < -0.39 is 35.9 Å². The van der Waals surface area contributed by atoms with Gasteiger partial charge >= 0.3 is 5.97 Å². The Morgan fingerprint density at radius 2 is 2.05 bits per heavy atom. The molecule has 3 amide bonds. The highest BCUT2D eigenvalue weighted by Gasteiger charge is 2.54. The maximum atomic E-state index is 13.4. The van der Waals surface area contributed by atoms with Gasteiger partial charge in [-0.1, -0.05) is 29.4 Å². The number of β-lactam (4-membered cyclic amide) rings is 1. The third-order valence-electron chi connectivity index (χ3n) is 6.18. The van der Waals surface area contributed by atoms with Crippen LogP contribution in [-0.2, 0) is 35.4 Å². The molecule has 4 rings (SSSR count). The molecule has 2 aliphatic heterocycles. The summed E-state index contributed by atoms with van der Waals surface area (Å²) < 4.78 is 23.3. The number of rotatable bonds is 14. The molecule has 1 aromatic heterocycles. The van der Waals surface area contributed by atoms with Crippen LogP contribution in [0.3, 0.4) is 0 Å². The molecule has 2 aromatic rings. The Balaban J connectivity index is 1.51. The molecule has 0 saturated carbocycles. The number of esters is 1. The first-order valence-corrected chi connectivity index (χ1v) is 15.7. The van der Waals surface area contributed by atoms with E-state index in [1.165, 1.54) is 29.0 Å². The zero-order valence-electron chi connectivity index (χ0n) is 23.7. The number of halogens is 2. The van der Waals surface area contributed by atoms with Crippen molar-refractivity contribution in [3.8, 4) is 5.75 Å². The van der Waals surface area contributed by atoms with Crippen LogP contribution in [0.1, 0.15) is 24.6 Å². The Morgan fingerprint density at radius 1 is 1.27 bits per heavy atom. The quantitative estimate of drug-likeness (QED) is 0.0774. The summed E-state index contributed by atoms with van der Waals surface area (Å²) in [5, 5.41) is 10.1. The topological polar surface area (TPSA) is 149 Å². The van der Waals surface area contributed by atoms with Crippen molar-refractivity contribution in [2.24, 2.45) is 5.16 Å². The molecule has 16 heteroatoms. The van der Waals surface area contributed by atoms with Gasteiger partial charge in [-0.05, 0) is 23.3 Å². The molecule has 0 spiro atoms. The van der Waals surface area contributed by atoms with Gasteiger partial charge in [0.2, 0.25) is 5.91 Å². The van der Waals surface area contributed by atoms with Crippen molar-refractivity contribution >= 4 is 69.2 Å². The van der Waals surface area contributed by atoms with Gasteiger partial charge in [-0.3, -0.25) is 23.7 Å². The first-order chi connectivity index (χ1) is 21.3. The van der Waals surface area contributed by atoms with E-state index in [4.69, 9.17) is 25.9 Å². The van der Waals surface area contributed by atoms with Crippen molar-refractivity contribution < 1.29 is 37.9 Å². The van der Waals surface area contributed by atoms with E-state index in [-0.39, 0.29) is 53.7 Å². The van der Waals surface area contributed by atoms with Crippen LogP contribution in [0.2, 0.25) is 0 Å². The van der Waals surface area contributed by atoms with Crippen molar-refractivity contribution in [3.63, 3.8) is 0 Å². The van der Waals surface area contributed by atoms with Gasteiger partial charge in [0.05, 0.1) is 13.8 Å². The standard InChI is InChI=1S/C28H29ClFN5O7S2/c1-16(36)31-28-32-20(15-44-28)21(34-42-12-4-11-30)24(37)33-22-25(38)35-23(18(5-3-10-29)14-43-26(22)35)27(39)41-13-17-6-8-19(40-2)9-7-17/h3,5-9,15,22,26H,4,10-14H2,1-2H3,(H,33,37)(H,31,32,36)/b5-3+,34-21-/t22-,26-/m1/s1. The second kappa shape index (κ2) is 15.7. The number of fused-ring (bicyclic) bond motifs is 1. The van der Waals surface area contributed by atoms with E-state index in [0.717, 1.165) is 16.9 Å². The number of ether oxygens (including phenoxy) is 2. The minimum Gasteiger partial charge on any atom is -0.497 e. The highest BCUT2D eigenvalue weighted by Crippen LogP contribution is 2.41. The predicted octanol–water partition coefficient (Wildman–Crippen LogP) is 3.38. The zero-order chi connectivity index (χ0) is 31.6. The molecular weight excluding hydrogens is 637 g/mol. The van der Waals surface area contributed by atoms with Gasteiger partial charge in [-0.25, -0.2) is 9.78 Å². The Bertz CT molecular complexity index is 1480. The van der Waals surface area contributed by atoms with Gasteiger partial charge in [-0.2, -0.15) is 0 Å². The number of carbonyl (C=O) groups is 4. The fourth-order valence-electron chi connectivity index (χ4n) is 4.12. The first kappa shape index (κ1) is 33.0. The number of anilines is 1. The number of hydrogen-bond acceptors (Lipinski definition) is 11. The van der Waals surface area contributed by atoms with Crippen LogP contribution < -0.4 is 15.4 Å². The minimum absolute atomic E-state index is 0.0326. The third kappa shape index (κ3) is 7.95. The fraction of sp³-hybridized carbons (Fsp3) is 0.357. The largest absolute Gasteiger partial charge is 0.497 e. The molecule has 1 saturated heterocycles. The van der Waals surface area contributed by atoms with Gasteiger partial charge in [0.15, 0.2) is 10.8 Å². The minimum atomic E-state index is -1.00. The molecular formula is C28H29ClFN5O7S2. The summed E-state index contributed by atoms with van der Waals surface area (Å²) >= 11 is 8.24. The Hall–Kier alpha value is -3.95. The number of nitrogens with zero attached hydrogens (tertiary/aromatic N) is 3. The molecule has 12 nitrogen and oxygen atoms in total. The number of thiazole rings is 1. The van der Waals surface area contributed by atoms with Crippen LogP contribution >= 0.6 is 34.7 Å². The molecule has 44 heavy (non-hydrogen) atoms. The smallest absolute Gasteiger partial charge is 0.355 e. The van der Waals surface area contributed by atoms with E-state index in [1.807, 2.05) is 0 Å². The SMILES string of the molecule is COc1ccc(COC(=O)C2=C(/C=C/CCl)CS[C@@H]3[C@H](NC(=O)/C(=N\OCCCF)c4csc(NC(C)=O)n4)C(=O)N23)cc1. The molecule has 2 aliphatic rings. The summed E-state index contributed by atoms with van der Waals surface area (Å²) in [7, 11) is 1.55. The number of alkyl halides is 2. The van der Waals surface area contributed by atoms with Crippen LogP contribution in [0.25, 0.3) is 0 Å². The summed E-state index contributed by atoms with van der Waals surface area (Å²) in [5.74, 6) is -1.15. The number of carbonyl (C=O) groups excluding carboxylic acids is 4. The van der Waals surface area contributed by atoms with Crippen molar-refractivity contribution in [2.45, 2.75) is 31.4 Å². The molecule has 234 valence electrons. The molecule has 0 aliphatic carbocycles. The summed E-state index contributed by atoms with van der Waals surface area (Å²) in [6.45, 7) is 0.560. The van der Waals surface area contributed by atoms with Gasteiger partial charge in [0, 0.05) is 30.4 Å². The molecule has 2 N–H and O–H groups in total. The lowest BCUT2D eigenvalue weighted by Crippen LogP contribution is -2.71. The number of allylic oxidation sites excluding steroid dienone is 2. The number of methoxy groups -OCH3 is 1. The van der Waals surface area contributed by atoms with Crippen LogP contribution in [-0.4, -0.2) is 82.7 Å². The molecule has 2 atom stereocenters. The highest BCUT2D eigenvalue weighted by molar-refractivity contribution is 8.00. The third-order valence-corrected chi connectivity index (χ3v) is 8.42. The van der Waals surface area contributed by atoms with Crippen molar-refractivity contribution in [1.29, 1.82) is 0 Å².